The predicted molar refractivity (Wildman–Crippen MR) is 140 cm³/mol. The lowest BCUT2D eigenvalue weighted by Crippen LogP contribution is -2.29. The van der Waals surface area contributed by atoms with E-state index in [0.717, 1.165) is 22.3 Å². The van der Waals surface area contributed by atoms with Crippen LogP contribution in [0, 0.1) is 0 Å². The molecule has 0 atom stereocenters. The first-order valence-corrected chi connectivity index (χ1v) is 11.9. The third-order valence-electron chi connectivity index (χ3n) is 6.88. The van der Waals surface area contributed by atoms with Crippen molar-refractivity contribution in [2.45, 2.75) is 25.7 Å². The molecule has 6 nitrogen and oxygen atoms in total. The summed E-state index contributed by atoms with van der Waals surface area (Å²) < 4.78 is 0. The van der Waals surface area contributed by atoms with Crippen molar-refractivity contribution < 1.29 is 29.7 Å². The highest BCUT2D eigenvalue weighted by atomic mass is 16.4. The van der Waals surface area contributed by atoms with E-state index >= 15 is 0 Å². The van der Waals surface area contributed by atoms with Crippen molar-refractivity contribution in [3.05, 3.63) is 105 Å². The first-order chi connectivity index (χ1) is 17.3. The van der Waals surface area contributed by atoms with Gasteiger partial charge >= 0.3 is 14.2 Å². The average Bonchev–Trinajstić information content (AvgIpc) is 2.87. The van der Waals surface area contributed by atoms with Crippen molar-refractivity contribution in [2.75, 3.05) is 0 Å². The Hall–Kier alpha value is -3.55. The molecule has 0 bridgehead atoms. The maximum absolute atomic E-state index is 13.3. The molecule has 8 heteroatoms. The summed E-state index contributed by atoms with van der Waals surface area (Å²) in [5, 5.41) is 37.1. The molecular weight excluding hydrogens is 454 g/mol. The third kappa shape index (κ3) is 4.76. The number of benzene rings is 3. The Morgan fingerprint density at radius 3 is 1.31 bits per heavy atom. The molecule has 0 fully saturated rings. The normalized spacial score (nSPS) is 17.2. The van der Waals surface area contributed by atoms with Gasteiger partial charge in [0.1, 0.15) is 0 Å². The van der Waals surface area contributed by atoms with Crippen molar-refractivity contribution in [1.82, 2.24) is 0 Å². The van der Waals surface area contributed by atoms with E-state index in [2.05, 4.69) is 0 Å². The summed E-state index contributed by atoms with van der Waals surface area (Å²) in [5.41, 5.74) is 6.72. The number of ketones is 2. The first-order valence-electron chi connectivity index (χ1n) is 11.9. The minimum atomic E-state index is -1.54. The number of aryl methyl sites for hydroxylation is 2. The second-order valence-corrected chi connectivity index (χ2v) is 9.24. The molecule has 3 aromatic carbocycles. The maximum Gasteiger partial charge on any atom is 0.488 e. The lowest BCUT2D eigenvalue weighted by atomic mass is 9.78. The molecule has 0 aromatic heterocycles. The van der Waals surface area contributed by atoms with Crippen molar-refractivity contribution in [1.29, 1.82) is 0 Å². The van der Waals surface area contributed by atoms with E-state index in [1.54, 1.807) is 54.6 Å². The van der Waals surface area contributed by atoms with Crippen LogP contribution in [0.4, 0.5) is 0 Å². The molecule has 36 heavy (non-hydrogen) atoms. The molecule has 0 radical (unpaired) electrons. The molecule has 2 aliphatic rings. The van der Waals surface area contributed by atoms with Gasteiger partial charge in [0.15, 0.2) is 11.6 Å². The van der Waals surface area contributed by atoms with Crippen LogP contribution in [0.1, 0.15) is 55.8 Å². The predicted octanol–water partition coefficient (Wildman–Crippen LogP) is 1.47. The molecule has 0 heterocycles. The van der Waals surface area contributed by atoms with Gasteiger partial charge in [-0.1, -0.05) is 54.6 Å². The zero-order valence-corrected chi connectivity index (χ0v) is 19.5. The molecule has 0 amide bonds. The minimum absolute atomic E-state index is 0.0904. The summed E-state index contributed by atoms with van der Waals surface area (Å²) >= 11 is 0. The van der Waals surface area contributed by atoms with Crippen LogP contribution >= 0.6 is 0 Å². The molecule has 0 aliphatic heterocycles. The Labute approximate surface area is 209 Å². The fourth-order valence-corrected chi connectivity index (χ4v) is 4.85. The Bertz CT molecular complexity index is 1300. The molecule has 3 aromatic rings. The van der Waals surface area contributed by atoms with E-state index in [4.69, 9.17) is 0 Å². The van der Waals surface area contributed by atoms with Gasteiger partial charge < -0.3 is 20.1 Å². The van der Waals surface area contributed by atoms with Gasteiger partial charge in [0.05, 0.1) is 0 Å². The average molecular weight is 478 g/mol. The van der Waals surface area contributed by atoms with Gasteiger partial charge in [-0.2, -0.15) is 0 Å². The Balaban J connectivity index is 1.42. The third-order valence-corrected chi connectivity index (χ3v) is 6.88. The summed E-state index contributed by atoms with van der Waals surface area (Å²) in [7, 11) is -3.07. The SMILES string of the molecule is O=C1C(=Cc2ccc(B(O)O)cc2)CCc2cc3c(cc21)C(=O)C(=Cc1ccc(B(O)O)cc1)CC3. The molecule has 2 aliphatic carbocycles. The van der Waals surface area contributed by atoms with E-state index in [9.17, 15) is 29.7 Å². The molecular formula is C28H24B2O6. The highest BCUT2D eigenvalue weighted by Gasteiger charge is 2.28. The van der Waals surface area contributed by atoms with Gasteiger partial charge in [0, 0.05) is 22.3 Å². The molecule has 0 saturated heterocycles. The number of rotatable bonds is 4. The van der Waals surface area contributed by atoms with E-state index in [1.807, 2.05) is 18.2 Å². The van der Waals surface area contributed by atoms with Gasteiger partial charge in [-0.25, -0.2) is 0 Å². The minimum Gasteiger partial charge on any atom is -0.423 e. The van der Waals surface area contributed by atoms with Crippen molar-refractivity contribution in [3.63, 3.8) is 0 Å². The summed E-state index contributed by atoms with van der Waals surface area (Å²) in [4.78, 5) is 26.7. The Morgan fingerprint density at radius 1 is 0.556 bits per heavy atom. The van der Waals surface area contributed by atoms with E-state index < -0.39 is 14.2 Å². The first kappa shape index (κ1) is 24.2. The number of allylic oxidation sites excluding steroid dienone is 2. The highest BCUT2D eigenvalue weighted by molar-refractivity contribution is 6.58. The van der Waals surface area contributed by atoms with Crippen molar-refractivity contribution >= 4 is 48.9 Å². The summed E-state index contributed by atoms with van der Waals surface area (Å²) in [6.07, 6.45) is 6.27. The van der Waals surface area contributed by atoms with Crippen molar-refractivity contribution in [3.8, 4) is 0 Å². The monoisotopic (exact) mass is 478 g/mol. The number of fused-ring (bicyclic) bond motifs is 2. The van der Waals surface area contributed by atoms with Crippen LogP contribution in [-0.4, -0.2) is 45.9 Å². The molecule has 178 valence electrons. The topological polar surface area (TPSA) is 115 Å². The van der Waals surface area contributed by atoms with Crippen LogP contribution < -0.4 is 10.9 Å². The summed E-state index contributed by atoms with van der Waals surface area (Å²) in [6, 6.07) is 17.2. The highest BCUT2D eigenvalue weighted by Crippen LogP contribution is 2.34. The number of carbonyl (C=O) groups is 2. The Morgan fingerprint density at radius 2 is 0.944 bits per heavy atom. The number of carbonyl (C=O) groups excluding carboxylic acids is 2. The molecule has 0 unspecified atom stereocenters. The second-order valence-electron chi connectivity index (χ2n) is 9.24. The van der Waals surface area contributed by atoms with Crippen LogP contribution in [0.15, 0.2) is 71.8 Å². The van der Waals surface area contributed by atoms with Crippen LogP contribution in [0.3, 0.4) is 0 Å². The number of hydrogen-bond donors (Lipinski definition) is 4. The zero-order valence-electron chi connectivity index (χ0n) is 19.5. The number of hydrogen-bond acceptors (Lipinski definition) is 6. The van der Waals surface area contributed by atoms with Gasteiger partial charge in [-0.15, -0.1) is 0 Å². The van der Waals surface area contributed by atoms with E-state index in [-0.39, 0.29) is 11.6 Å². The van der Waals surface area contributed by atoms with Crippen LogP contribution in [0.2, 0.25) is 0 Å². The standard InChI is InChI=1S/C28H24B2O6/c31-27-21(13-17-1-9-23(10-2-17)29(33)34)7-5-19-15-20-6-8-22(28(32)26(20)16-25(19)27)14-18-3-11-24(12-4-18)30(35)36/h1-4,9-16,33-36H,5-8H2. The van der Waals surface area contributed by atoms with Crippen molar-refractivity contribution in [2.24, 2.45) is 0 Å². The maximum atomic E-state index is 13.3. The van der Waals surface area contributed by atoms with Crippen LogP contribution in [-0.2, 0) is 12.8 Å². The lowest BCUT2D eigenvalue weighted by molar-refractivity contribution is 0.102. The molecule has 4 N–H and O–H groups in total. The fourth-order valence-electron chi connectivity index (χ4n) is 4.85. The van der Waals surface area contributed by atoms with E-state index in [0.29, 0.717) is 58.9 Å². The fraction of sp³-hybridized carbons (Fsp3) is 0.143. The van der Waals surface area contributed by atoms with E-state index in [1.165, 1.54) is 0 Å². The smallest absolute Gasteiger partial charge is 0.423 e. The largest absolute Gasteiger partial charge is 0.488 e. The Kier molecular flexibility index (Phi) is 6.60. The van der Waals surface area contributed by atoms with Crippen LogP contribution in [0.25, 0.3) is 12.2 Å². The summed E-state index contributed by atoms with van der Waals surface area (Å²) in [6.45, 7) is 0. The van der Waals surface area contributed by atoms with Gasteiger partial charge in [0.2, 0.25) is 0 Å². The number of Topliss-reactive ketones (excluding diaryl/α,β-unsaturated/α-hetero) is 2. The van der Waals surface area contributed by atoms with Gasteiger partial charge in [0.25, 0.3) is 0 Å². The second kappa shape index (κ2) is 9.84. The van der Waals surface area contributed by atoms with Gasteiger partial charge in [-0.05, 0) is 77.1 Å². The zero-order chi connectivity index (χ0) is 25.4. The van der Waals surface area contributed by atoms with Crippen LogP contribution in [0.5, 0.6) is 0 Å². The van der Waals surface area contributed by atoms with Gasteiger partial charge in [-0.3, -0.25) is 9.59 Å². The molecule has 0 spiro atoms. The quantitative estimate of drug-likeness (QED) is 0.334. The lowest BCUT2D eigenvalue weighted by Gasteiger charge is -2.24. The summed E-state index contributed by atoms with van der Waals surface area (Å²) in [5.74, 6) is -0.181. The molecule has 0 saturated carbocycles. The molecule has 5 rings (SSSR count).